The molecule has 0 amide bonds. The molecular weight excluding hydrogens is 661 g/mol. The summed E-state index contributed by atoms with van der Waals surface area (Å²) in [6, 6.07) is 65.0. The van der Waals surface area contributed by atoms with E-state index in [9.17, 15) is 0 Å². The van der Waals surface area contributed by atoms with Crippen LogP contribution in [0.2, 0.25) is 0 Å². The maximum absolute atomic E-state index is 6.58. The summed E-state index contributed by atoms with van der Waals surface area (Å²) >= 11 is 0. The van der Waals surface area contributed by atoms with Gasteiger partial charge in [0.25, 0.3) is 0 Å². The third kappa shape index (κ3) is 4.01. The van der Waals surface area contributed by atoms with E-state index < -0.39 is 0 Å². The molecule has 0 saturated carbocycles. The summed E-state index contributed by atoms with van der Waals surface area (Å²) in [5.41, 5.74) is 12.4. The summed E-state index contributed by atoms with van der Waals surface area (Å²) in [6.07, 6.45) is 0. The van der Waals surface area contributed by atoms with E-state index in [-0.39, 0.29) is 0 Å². The first-order chi connectivity index (χ1) is 26.8. The maximum atomic E-state index is 6.58. The summed E-state index contributed by atoms with van der Waals surface area (Å²) < 4.78 is 13.9. The normalized spacial score (nSPS) is 12.1. The molecule has 5 heteroatoms. The number of aromatic nitrogens is 4. The highest BCUT2D eigenvalue weighted by atomic mass is 16.3. The molecule has 0 spiro atoms. The first kappa shape index (κ1) is 29.2. The van der Waals surface area contributed by atoms with Crippen molar-refractivity contribution in [2.45, 2.75) is 0 Å². The minimum Gasteiger partial charge on any atom is -0.436 e. The van der Waals surface area contributed by atoms with Gasteiger partial charge in [0, 0.05) is 37.9 Å². The van der Waals surface area contributed by atoms with Gasteiger partial charge in [0.15, 0.2) is 5.58 Å². The lowest BCUT2D eigenvalue weighted by Gasteiger charge is -2.23. The molecule has 0 aliphatic carbocycles. The van der Waals surface area contributed by atoms with E-state index in [0.717, 1.165) is 66.8 Å². The van der Waals surface area contributed by atoms with Crippen LogP contribution < -0.4 is 0 Å². The van der Waals surface area contributed by atoms with Crippen molar-refractivity contribution in [3.05, 3.63) is 182 Å². The van der Waals surface area contributed by atoms with E-state index in [4.69, 9.17) is 9.40 Å². The molecule has 0 bridgehead atoms. The predicted octanol–water partition coefficient (Wildman–Crippen LogP) is 12.8. The van der Waals surface area contributed by atoms with E-state index in [2.05, 4.69) is 171 Å². The summed E-state index contributed by atoms with van der Waals surface area (Å²) in [5, 5.41) is 7.22. The average Bonchev–Trinajstić information content (AvgIpc) is 3.99. The van der Waals surface area contributed by atoms with E-state index in [1.54, 1.807) is 0 Å². The highest BCUT2D eigenvalue weighted by Gasteiger charge is 2.26. The van der Waals surface area contributed by atoms with Crippen molar-refractivity contribution in [1.82, 2.24) is 18.7 Å². The van der Waals surface area contributed by atoms with Crippen molar-refractivity contribution in [3.8, 4) is 28.5 Å². The number of nitrogens with zero attached hydrogens (tertiary/aromatic N) is 4. The minimum absolute atomic E-state index is 0.578. The van der Waals surface area contributed by atoms with E-state index in [1.165, 1.54) is 32.3 Å². The van der Waals surface area contributed by atoms with Crippen LogP contribution >= 0.6 is 0 Å². The Balaban J connectivity index is 1.36. The molecule has 0 fully saturated rings. The molecule has 4 heterocycles. The van der Waals surface area contributed by atoms with Gasteiger partial charge in [-0.2, -0.15) is 0 Å². The Kier molecular flexibility index (Phi) is 5.99. The van der Waals surface area contributed by atoms with Crippen molar-refractivity contribution < 1.29 is 4.42 Å². The van der Waals surface area contributed by atoms with Gasteiger partial charge in [0.05, 0.1) is 50.2 Å². The smallest absolute Gasteiger partial charge is 0.227 e. The third-order valence-electron chi connectivity index (χ3n) is 11.1. The van der Waals surface area contributed by atoms with Crippen molar-refractivity contribution in [2.75, 3.05) is 0 Å². The summed E-state index contributed by atoms with van der Waals surface area (Å²) in [5.74, 6) is 0.578. The van der Waals surface area contributed by atoms with Crippen molar-refractivity contribution in [3.63, 3.8) is 0 Å². The zero-order chi connectivity index (χ0) is 35.3. The Morgan fingerprint density at radius 1 is 0.352 bits per heavy atom. The molecule has 4 aromatic heterocycles. The highest BCUT2D eigenvalue weighted by molar-refractivity contribution is 6.13. The van der Waals surface area contributed by atoms with Crippen LogP contribution in [0.5, 0.6) is 0 Å². The minimum atomic E-state index is 0.578. The van der Waals surface area contributed by atoms with Crippen LogP contribution in [0.4, 0.5) is 0 Å². The Morgan fingerprint density at radius 3 is 1.07 bits per heavy atom. The largest absolute Gasteiger partial charge is 0.436 e. The van der Waals surface area contributed by atoms with Crippen molar-refractivity contribution >= 4 is 76.5 Å². The van der Waals surface area contributed by atoms with Crippen LogP contribution in [-0.4, -0.2) is 18.7 Å². The SMILES string of the molecule is c1ccc2oc(-c3cc(-n4c5ccccc5c5ccccc54)c(-n4c5ccccc5c5ccccc54)c(-n4c5ccccc5c5ccccc54)c3)nc2c1. The summed E-state index contributed by atoms with van der Waals surface area (Å²) in [6.45, 7) is 0. The summed E-state index contributed by atoms with van der Waals surface area (Å²) in [7, 11) is 0. The van der Waals surface area contributed by atoms with Gasteiger partial charge in [-0.25, -0.2) is 4.98 Å². The van der Waals surface area contributed by atoms with Crippen LogP contribution in [0, 0.1) is 0 Å². The molecule has 5 nitrogen and oxygen atoms in total. The fourth-order valence-electron chi connectivity index (χ4n) is 8.82. The molecule has 54 heavy (non-hydrogen) atoms. The quantitative estimate of drug-likeness (QED) is 0.184. The molecule has 0 saturated heterocycles. The van der Waals surface area contributed by atoms with Crippen molar-refractivity contribution in [1.29, 1.82) is 0 Å². The molecule has 12 rings (SSSR count). The zero-order valence-corrected chi connectivity index (χ0v) is 29.0. The highest BCUT2D eigenvalue weighted by Crippen LogP contribution is 2.44. The predicted molar refractivity (Wildman–Crippen MR) is 222 cm³/mol. The molecule has 8 aromatic carbocycles. The molecule has 0 radical (unpaired) electrons. The number of hydrogen-bond acceptors (Lipinski definition) is 2. The van der Waals surface area contributed by atoms with Gasteiger partial charge < -0.3 is 18.1 Å². The van der Waals surface area contributed by atoms with Gasteiger partial charge in [0.2, 0.25) is 5.89 Å². The lowest BCUT2D eigenvalue weighted by molar-refractivity contribution is 0.619. The van der Waals surface area contributed by atoms with Crippen LogP contribution in [0.15, 0.2) is 186 Å². The van der Waals surface area contributed by atoms with Gasteiger partial charge in [-0.1, -0.05) is 121 Å². The van der Waals surface area contributed by atoms with Crippen LogP contribution in [-0.2, 0) is 0 Å². The molecule has 0 aliphatic rings. The fraction of sp³-hybridized carbons (Fsp3) is 0. The molecule has 252 valence electrons. The number of benzene rings is 8. The monoisotopic (exact) mass is 690 g/mol. The standard InChI is InChI=1S/C49H30N4O/c1-8-22-39-32(15-1)33-16-2-9-23-40(33)51(39)45-29-31(49-50-38-21-7-14-28-47(38)54-49)30-46(52-41-24-10-3-17-34(41)35-18-4-11-25-42(35)52)48(45)53-43-26-12-5-19-36(43)37-20-6-13-27-44(37)53/h1-30H. The zero-order valence-electron chi connectivity index (χ0n) is 29.0. The topological polar surface area (TPSA) is 40.8 Å². The second kappa shape index (κ2) is 11.1. The molecule has 0 unspecified atom stereocenters. The van der Waals surface area contributed by atoms with Crippen LogP contribution in [0.3, 0.4) is 0 Å². The van der Waals surface area contributed by atoms with Gasteiger partial charge >= 0.3 is 0 Å². The maximum Gasteiger partial charge on any atom is 0.227 e. The lowest BCUT2D eigenvalue weighted by atomic mass is 10.1. The second-order valence-electron chi connectivity index (χ2n) is 14.0. The van der Waals surface area contributed by atoms with E-state index >= 15 is 0 Å². The van der Waals surface area contributed by atoms with Crippen LogP contribution in [0.1, 0.15) is 0 Å². The first-order valence-electron chi connectivity index (χ1n) is 18.3. The Hall–Kier alpha value is -7.37. The van der Waals surface area contributed by atoms with E-state index in [0.29, 0.717) is 5.89 Å². The number of oxazole rings is 1. The Labute approximate surface area is 309 Å². The molecule has 0 atom stereocenters. The molecular formula is C49H30N4O. The van der Waals surface area contributed by atoms with Gasteiger partial charge in [0.1, 0.15) is 5.52 Å². The van der Waals surface area contributed by atoms with Gasteiger partial charge in [-0.3, -0.25) is 0 Å². The van der Waals surface area contributed by atoms with Crippen molar-refractivity contribution in [2.24, 2.45) is 0 Å². The Morgan fingerprint density at radius 2 is 0.685 bits per heavy atom. The van der Waals surface area contributed by atoms with Gasteiger partial charge in [-0.05, 0) is 60.7 Å². The van der Waals surface area contributed by atoms with Crippen LogP contribution in [0.25, 0.3) is 105 Å². The number of fused-ring (bicyclic) bond motifs is 10. The molecule has 0 aliphatic heterocycles. The fourth-order valence-corrected chi connectivity index (χ4v) is 8.82. The first-order valence-corrected chi connectivity index (χ1v) is 18.3. The number of rotatable bonds is 4. The van der Waals surface area contributed by atoms with E-state index in [1.807, 2.05) is 24.3 Å². The number of para-hydroxylation sites is 8. The summed E-state index contributed by atoms with van der Waals surface area (Å²) in [4.78, 5) is 5.08. The molecule has 0 N–H and O–H groups in total. The van der Waals surface area contributed by atoms with Gasteiger partial charge in [-0.15, -0.1) is 0 Å². The Bertz CT molecular complexity index is 3140. The third-order valence-corrected chi connectivity index (χ3v) is 11.1. The molecule has 12 aromatic rings. The number of hydrogen-bond donors (Lipinski definition) is 0. The lowest BCUT2D eigenvalue weighted by Crippen LogP contribution is -2.10. The average molecular weight is 691 g/mol. The second-order valence-corrected chi connectivity index (χ2v) is 14.0.